The van der Waals surface area contributed by atoms with Crippen molar-refractivity contribution in [3.8, 4) is 0 Å². The molecule has 94 valence electrons. The van der Waals surface area contributed by atoms with E-state index in [9.17, 15) is 0 Å². The molecule has 0 spiro atoms. The Hall–Kier alpha value is -1.77. The van der Waals surface area contributed by atoms with Crippen molar-refractivity contribution in [1.29, 1.82) is 0 Å². The third-order valence-electron chi connectivity index (χ3n) is 3.64. The summed E-state index contributed by atoms with van der Waals surface area (Å²) in [6.45, 7) is 3.15. The molecule has 1 aliphatic rings. The van der Waals surface area contributed by atoms with Gasteiger partial charge in [0.1, 0.15) is 0 Å². The number of fused-ring (bicyclic) bond motifs is 1. The molecule has 0 fully saturated rings. The molecule has 0 saturated carbocycles. The van der Waals surface area contributed by atoms with E-state index in [0.29, 0.717) is 6.04 Å². The normalized spacial score (nSPS) is 17.7. The number of aryl methyl sites for hydroxylation is 1. The van der Waals surface area contributed by atoms with Crippen LogP contribution in [-0.2, 0) is 6.42 Å². The van der Waals surface area contributed by atoms with Crippen molar-refractivity contribution < 1.29 is 0 Å². The molecule has 3 rings (SSSR count). The summed E-state index contributed by atoms with van der Waals surface area (Å²) in [5.41, 5.74) is 2.94. The van der Waals surface area contributed by atoms with Crippen molar-refractivity contribution in [3.05, 3.63) is 47.8 Å². The van der Waals surface area contributed by atoms with Gasteiger partial charge < -0.3 is 9.88 Å². The molecule has 3 nitrogen and oxygen atoms in total. The zero-order valence-corrected chi connectivity index (χ0v) is 10.8. The van der Waals surface area contributed by atoms with E-state index in [0.717, 1.165) is 18.9 Å². The highest BCUT2D eigenvalue weighted by molar-refractivity contribution is 5.38. The molecule has 0 aliphatic heterocycles. The molecule has 1 atom stereocenters. The highest BCUT2D eigenvalue weighted by Crippen LogP contribution is 2.35. The fourth-order valence-corrected chi connectivity index (χ4v) is 2.76. The Balaban J connectivity index is 1.90. The second kappa shape index (κ2) is 4.84. The Bertz CT molecular complexity index is 530. The summed E-state index contributed by atoms with van der Waals surface area (Å²) in [5, 5.41) is 3.40. The topological polar surface area (TPSA) is 29.9 Å². The molecule has 1 aliphatic carbocycles. The molecule has 1 unspecified atom stereocenters. The summed E-state index contributed by atoms with van der Waals surface area (Å²) in [6, 6.07) is 9.20. The molecule has 0 amide bonds. The maximum Gasteiger partial charge on any atom is 0.203 e. The van der Waals surface area contributed by atoms with Crippen molar-refractivity contribution in [2.24, 2.45) is 0 Å². The van der Waals surface area contributed by atoms with Crippen molar-refractivity contribution in [1.82, 2.24) is 9.55 Å². The van der Waals surface area contributed by atoms with Crippen LogP contribution in [0.1, 0.15) is 36.9 Å². The first-order valence-corrected chi connectivity index (χ1v) is 6.74. The van der Waals surface area contributed by atoms with E-state index in [1.54, 1.807) is 0 Å². The standard InChI is InChI=1S/C15H19N3/c1-2-9-16-15-17-10-11-18(15)14-8-7-12-5-3-4-6-13(12)14/h3-6,10-11,14H,2,7-9H2,1H3,(H,16,17). The van der Waals surface area contributed by atoms with Gasteiger partial charge in [-0.05, 0) is 30.4 Å². The van der Waals surface area contributed by atoms with Crippen molar-refractivity contribution >= 4 is 5.95 Å². The summed E-state index contributed by atoms with van der Waals surface area (Å²) in [5.74, 6) is 0.999. The zero-order chi connectivity index (χ0) is 12.4. The van der Waals surface area contributed by atoms with Gasteiger partial charge in [0.25, 0.3) is 0 Å². The van der Waals surface area contributed by atoms with Gasteiger partial charge in [-0.2, -0.15) is 0 Å². The van der Waals surface area contributed by atoms with E-state index >= 15 is 0 Å². The zero-order valence-electron chi connectivity index (χ0n) is 10.8. The number of nitrogens with one attached hydrogen (secondary N) is 1. The van der Waals surface area contributed by atoms with Crippen LogP contribution in [0.15, 0.2) is 36.7 Å². The van der Waals surface area contributed by atoms with Crippen LogP contribution in [-0.4, -0.2) is 16.1 Å². The summed E-state index contributed by atoms with van der Waals surface area (Å²) < 4.78 is 2.28. The van der Waals surface area contributed by atoms with E-state index in [1.165, 1.54) is 24.0 Å². The third kappa shape index (κ3) is 1.90. The van der Waals surface area contributed by atoms with E-state index in [2.05, 4.69) is 52.3 Å². The molecule has 1 aromatic carbocycles. The van der Waals surface area contributed by atoms with Gasteiger partial charge in [-0.15, -0.1) is 0 Å². The fraction of sp³-hybridized carbons (Fsp3) is 0.400. The van der Waals surface area contributed by atoms with Crippen LogP contribution >= 0.6 is 0 Å². The molecular formula is C15H19N3. The first-order valence-electron chi connectivity index (χ1n) is 6.74. The second-order valence-corrected chi connectivity index (χ2v) is 4.84. The number of nitrogens with zero attached hydrogens (tertiary/aromatic N) is 2. The van der Waals surface area contributed by atoms with Crippen LogP contribution in [0.4, 0.5) is 5.95 Å². The summed E-state index contributed by atoms with van der Waals surface area (Å²) in [6.07, 6.45) is 7.44. The monoisotopic (exact) mass is 241 g/mol. The number of imidazole rings is 1. The van der Waals surface area contributed by atoms with Crippen LogP contribution in [0, 0.1) is 0 Å². The Morgan fingerprint density at radius 2 is 2.28 bits per heavy atom. The minimum Gasteiger partial charge on any atom is -0.356 e. The summed E-state index contributed by atoms with van der Waals surface area (Å²) in [7, 11) is 0. The Kier molecular flexibility index (Phi) is 3.05. The Morgan fingerprint density at radius 3 is 3.17 bits per heavy atom. The van der Waals surface area contributed by atoms with Crippen LogP contribution in [0.3, 0.4) is 0 Å². The average molecular weight is 241 g/mol. The van der Waals surface area contributed by atoms with Gasteiger partial charge in [-0.3, -0.25) is 0 Å². The minimum absolute atomic E-state index is 0.447. The lowest BCUT2D eigenvalue weighted by atomic mass is 10.1. The number of hydrogen-bond donors (Lipinski definition) is 1. The van der Waals surface area contributed by atoms with Gasteiger partial charge in [0.05, 0.1) is 6.04 Å². The molecular weight excluding hydrogens is 222 g/mol. The van der Waals surface area contributed by atoms with Gasteiger partial charge in [-0.1, -0.05) is 31.2 Å². The number of rotatable bonds is 4. The quantitative estimate of drug-likeness (QED) is 0.890. The second-order valence-electron chi connectivity index (χ2n) is 4.84. The van der Waals surface area contributed by atoms with E-state index in [4.69, 9.17) is 0 Å². The number of anilines is 1. The molecule has 18 heavy (non-hydrogen) atoms. The molecule has 1 heterocycles. The maximum absolute atomic E-state index is 4.42. The highest BCUT2D eigenvalue weighted by Gasteiger charge is 2.24. The summed E-state index contributed by atoms with van der Waals surface area (Å²) >= 11 is 0. The lowest BCUT2D eigenvalue weighted by molar-refractivity contribution is 0.584. The van der Waals surface area contributed by atoms with Gasteiger partial charge in [0.15, 0.2) is 0 Å². The average Bonchev–Trinajstić information content (AvgIpc) is 3.02. The molecule has 1 N–H and O–H groups in total. The van der Waals surface area contributed by atoms with Crippen molar-refractivity contribution in [2.75, 3.05) is 11.9 Å². The Morgan fingerprint density at radius 1 is 1.39 bits per heavy atom. The van der Waals surface area contributed by atoms with Crippen LogP contribution in [0.25, 0.3) is 0 Å². The van der Waals surface area contributed by atoms with Crippen molar-refractivity contribution in [3.63, 3.8) is 0 Å². The number of aromatic nitrogens is 2. The predicted octanol–water partition coefficient (Wildman–Crippen LogP) is 3.24. The predicted molar refractivity (Wildman–Crippen MR) is 73.9 cm³/mol. The lowest BCUT2D eigenvalue weighted by Gasteiger charge is -2.17. The van der Waals surface area contributed by atoms with Crippen LogP contribution in [0.5, 0.6) is 0 Å². The first kappa shape index (κ1) is 11.3. The van der Waals surface area contributed by atoms with Gasteiger partial charge in [0, 0.05) is 18.9 Å². The van der Waals surface area contributed by atoms with Crippen LogP contribution in [0.2, 0.25) is 0 Å². The summed E-state index contributed by atoms with van der Waals surface area (Å²) in [4.78, 5) is 4.42. The fourth-order valence-electron chi connectivity index (χ4n) is 2.76. The molecule has 3 heteroatoms. The van der Waals surface area contributed by atoms with E-state index in [1.807, 2.05) is 6.20 Å². The molecule has 0 saturated heterocycles. The number of hydrogen-bond acceptors (Lipinski definition) is 2. The molecule has 2 aromatic rings. The molecule has 0 bridgehead atoms. The SMILES string of the molecule is CCCNc1nccn1C1CCc2ccccc21. The van der Waals surface area contributed by atoms with Crippen LogP contribution < -0.4 is 5.32 Å². The van der Waals surface area contributed by atoms with Gasteiger partial charge >= 0.3 is 0 Å². The first-order chi connectivity index (χ1) is 8.90. The minimum atomic E-state index is 0.447. The van der Waals surface area contributed by atoms with Gasteiger partial charge in [0.2, 0.25) is 5.95 Å². The smallest absolute Gasteiger partial charge is 0.203 e. The Labute approximate surface area is 108 Å². The van der Waals surface area contributed by atoms with Crippen molar-refractivity contribution in [2.45, 2.75) is 32.2 Å². The van der Waals surface area contributed by atoms with E-state index < -0.39 is 0 Å². The number of benzene rings is 1. The maximum atomic E-state index is 4.42. The van der Waals surface area contributed by atoms with Gasteiger partial charge in [-0.25, -0.2) is 4.98 Å². The molecule has 1 aromatic heterocycles. The van der Waals surface area contributed by atoms with E-state index in [-0.39, 0.29) is 0 Å². The molecule has 0 radical (unpaired) electrons. The third-order valence-corrected chi connectivity index (χ3v) is 3.64. The lowest BCUT2D eigenvalue weighted by Crippen LogP contribution is -2.12. The largest absolute Gasteiger partial charge is 0.356 e. The highest BCUT2D eigenvalue weighted by atomic mass is 15.2.